The minimum Gasteiger partial charge on any atom is -0.475 e. The lowest BCUT2D eigenvalue weighted by Gasteiger charge is -2.43. The van der Waals surface area contributed by atoms with Crippen molar-refractivity contribution in [1.29, 1.82) is 0 Å². The van der Waals surface area contributed by atoms with Crippen LogP contribution in [0.4, 0.5) is 18.9 Å². The number of aromatic nitrogens is 2. The van der Waals surface area contributed by atoms with Crippen molar-refractivity contribution in [3.05, 3.63) is 41.1 Å². The van der Waals surface area contributed by atoms with Crippen LogP contribution in [0, 0.1) is 5.41 Å². The summed E-state index contributed by atoms with van der Waals surface area (Å²) in [5, 5.41) is 9.29. The SMILES string of the molecule is O=C(O)C(F)(F)F.c1csc(CN2CCCC3(COCCN(c4cncnc4)C3)C2)c1. The maximum atomic E-state index is 10.6. The van der Waals surface area contributed by atoms with Crippen LogP contribution in [0.1, 0.15) is 17.7 Å². The molecule has 31 heavy (non-hydrogen) atoms. The number of carbonyl (C=O) groups is 1. The van der Waals surface area contributed by atoms with Gasteiger partial charge in [0, 0.05) is 36.5 Å². The van der Waals surface area contributed by atoms with Crippen molar-refractivity contribution < 1.29 is 27.8 Å². The number of nitrogens with zero attached hydrogens (tertiary/aromatic N) is 4. The summed E-state index contributed by atoms with van der Waals surface area (Å²) in [4.78, 5) is 23.7. The van der Waals surface area contributed by atoms with Crippen molar-refractivity contribution in [2.75, 3.05) is 44.3 Å². The summed E-state index contributed by atoms with van der Waals surface area (Å²) in [5.41, 5.74) is 1.32. The number of carboxylic acid groups (broad SMARTS) is 1. The number of hydrogen-bond donors (Lipinski definition) is 1. The number of carboxylic acids is 1. The highest BCUT2D eigenvalue weighted by Gasteiger charge is 2.39. The summed E-state index contributed by atoms with van der Waals surface area (Å²) in [5.74, 6) is -2.76. The van der Waals surface area contributed by atoms with Crippen LogP contribution in [0.2, 0.25) is 0 Å². The predicted octanol–water partition coefficient (Wildman–Crippen LogP) is 3.29. The number of anilines is 1. The number of thiophene rings is 1. The summed E-state index contributed by atoms with van der Waals surface area (Å²) in [7, 11) is 0. The van der Waals surface area contributed by atoms with Crippen molar-refractivity contribution in [2.24, 2.45) is 5.41 Å². The highest BCUT2D eigenvalue weighted by molar-refractivity contribution is 7.09. The zero-order valence-corrected chi connectivity index (χ0v) is 17.7. The van der Waals surface area contributed by atoms with Crippen LogP contribution in [0.25, 0.3) is 0 Å². The molecular formula is C20H25F3N4O3S. The summed E-state index contributed by atoms with van der Waals surface area (Å²) < 4.78 is 37.8. The van der Waals surface area contributed by atoms with E-state index in [1.165, 1.54) is 24.3 Å². The van der Waals surface area contributed by atoms with Gasteiger partial charge in [0.2, 0.25) is 0 Å². The molecule has 0 aromatic carbocycles. The maximum Gasteiger partial charge on any atom is 0.490 e. The van der Waals surface area contributed by atoms with Gasteiger partial charge in [0.1, 0.15) is 6.33 Å². The van der Waals surface area contributed by atoms with Gasteiger partial charge in [-0.2, -0.15) is 13.2 Å². The Morgan fingerprint density at radius 3 is 2.65 bits per heavy atom. The Labute approximate surface area is 182 Å². The van der Waals surface area contributed by atoms with E-state index in [-0.39, 0.29) is 5.41 Å². The quantitative estimate of drug-likeness (QED) is 0.756. The Balaban J connectivity index is 0.000000339. The Hall–Kier alpha value is -2.24. The third-order valence-corrected chi connectivity index (χ3v) is 6.16. The number of ether oxygens (including phenoxy) is 1. The second kappa shape index (κ2) is 10.4. The lowest BCUT2D eigenvalue weighted by molar-refractivity contribution is -0.192. The molecule has 0 aliphatic carbocycles. The number of alkyl halides is 3. The van der Waals surface area contributed by atoms with Crippen LogP contribution in [-0.4, -0.2) is 71.5 Å². The fraction of sp³-hybridized carbons (Fsp3) is 0.550. The van der Waals surface area contributed by atoms with E-state index in [9.17, 15) is 13.2 Å². The molecule has 2 aromatic rings. The molecule has 0 bridgehead atoms. The molecule has 4 rings (SSSR count). The molecule has 2 aromatic heterocycles. The maximum absolute atomic E-state index is 10.6. The lowest BCUT2D eigenvalue weighted by Crippen LogP contribution is -2.50. The van der Waals surface area contributed by atoms with Crippen molar-refractivity contribution in [2.45, 2.75) is 25.6 Å². The number of halogens is 3. The molecule has 11 heteroatoms. The number of rotatable bonds is 3. The molecule has 0 saturated carbocycles. The van der Waals surface area contributed by atoms with Gasteiger partial charge in [-0.25, -0.2) is 14.8 Å². The van der Waals surface area contributed by atoms with Crippen LogP contribution in [0.5, 0.6) is 0 Å². The molecule has 0 radical (unpaired) electrons. The fourth-order valence-corrected chi connectivity index (χ4v) is 4.73. The minimum atomic E-state index is -5.08. The second-order valence-electron chi connectivity index (χ2n) is 7.77. The Morgan fingerprint density at radius 2 is 2.00 bits per heavy atom. The largest absolute Gasteiger partial charge is 0.490 e. The Morgan fingerprint density at radius 1 is 1.26 bits per heavy atom. The molecule has 7 nitrogen and oxygen atoms in total. The molecule has 1 unspecified atom stereocenters. The van der Waals surface area contributed by atoms with Crippen LogP contribution in [-0.2, 0) is 16.1 Å². The molecular weight excluding hydrogens is 433 g/mol. The van der Waals surface area contributed by atoms with Gasteiger partial charge in [0.15, 0.2) is 0 Å². The first-order chi connectivity index (χ1) is 14.8. The molecule has 4 heterocycles. The second-order valence-corrected chi connectivity index (χ2v) is 8.80. The number of likely N-dealkylation sites (tertiary alicyclic amines) is 1. The van der Waals surface area contributed by atoms with Crippen LogP contribution >= 0.6 is 11.3 Å². The molecule has 1 N–H and O–H groups in total. The zero-order chi connectivity index (χ0) is 22.3. The van der Waals surface area contributed by atoms with Crippen molar-refractivity contribution in [3.63, 3.8) is 0 Å². The lowest BCUT2D eigenvalue weighted by atomic mass is 9.80. The smallest absolute Gasteiger partial charge is 0.475 e. The first-order valence-corrected chi connectivity index (χ1v) is 10.8. The van der Waals surface area contributed by atoms with Gasteiger partial charge in [-0.15, -0.1) is 11.3 Å². The molecule has 0 amide bonds. The first-order valence-electron chi connectivity index (χ1n) is 9.90. The van der Waals surface area contributed by atoms with Gasteiger partial charge in [-0.3, -0.25) is 4.90 Å². The Kier molecular flexibility index (Phi) is 7.84. The Bertz CT molecular complexity index is 823. The van der Waals surface area contributed by atoms with Crippen LogP contribution < -0.4 is 4.90 Å². The summed E-state index contributed by atoms with van der Waals surface area (Å²) in [6.07, 6.45) is 2.82. The molecule has 2 saturated heterocycles. The van der Waals surface area contributed by atoms with E-state index in [0.29, 0.717) is 0 Å². The van der Waals surface area contributed by atoms with Crippen LogP contribution in [0.15, 0.2) is 36.2 Å². The van der Waals surface area contributed by atoms with Gasteiger partial charge in [0.25, 0.3) is 0 Å². The van der Waals surface area contributed by atoms with Crippen molar-refractivity contribution in [1.82, 2.24) is 14.9 Å². The van der Waals surface area contributed by atoms with E-state index in [2.05, 4.69) is 37.3 Å². The van der Waals surface area contributed by atoms with Gasteiger partial charge in [-0.1, -0.05) is 6.07 Å². The third kappa shape index (κ3) is 6.88. The zero-order valence-electron chi connectivity index (χ0n) is 16.9. The van der Waals surface area contributed by atoms with Crippen molar-refractivity contribution >= 4 is 23.0 Å². The van der Waals surface area contributed by atoms with E-state index < -0.39 is 12.1 Å². The molecule has 2 aliphatic heterocycles. The van der Waals surface area contributed by atoms with Crippen LogP contribution in [0.3, 0.4) is 0 Å². The molecule has 1 spiro atoms. The third-order valence-electron chi connectivity index (χ3n) is 5.29. The van der Waals surface area contributed by atoms with Gasteiger partial charge in [0.05, 0.1) is 31.3 Å². The number of aliphatic carboxylic acids is 1. The van der Waals surface area contributed by atoms with Gasteiger partial charge >= 0.3 is 12.1 Å². The number of piperidine rings is 1. The van der Waals surface area contributed by atoms with Gasteiger partial charge in [-0.05, 0) is 30.8 Å². The van der Waals surface area contributed by atoms with E-state index in [4.69, 9.17) is 14.6 Å². The summed E-state index contributed by atoms with van der Waals surface area (Å²) in [6, 6.07) is 4.38. The van der Waals surface area contributed by atoms with E-state index in [1.54, 1.807) is 6.33 Å². The fourth-order valence-electron chi connectivity index (χ4n) is 3.98. The standard InChI is InChI=1S/C18H24N4OS.C2HF3O2/c1-3-17(24-8-1)11-21-5-2-4-18(12-21)13-22(6-7-23-14-18)16-9-19-15-20-10-16;3-2(4,5)1(6)7/h1,3,8-10,15H,2,4-7,11-14H2;(H,6,7). The van der Waals surface area contributed by atoms with Gasteiger partial charge < -0.3 is 14.7 Å². The molecule has 1 atom stereocenters. The van der Waals surface area contributed by atoms with E-state index >= 15 is 0 Å². The normalized spacial score (nSPS) is 22.5. The van der Waals surface area contributed by atoms with E-state index in [1.807, 2.05) is 23.7 Å². The average molecular weight is 459 g/mol. The van der Waals surface area contributed by atoms with E-state index in [0.717, 1.165) is 45.1 Å². The highest BCUT2D eigenvalue weighted by Crippen LogP contribution is 2.35. The monoisotopic (exact) mass is 458 g/mol. The average Bonchev–Trinajstić information content (AvgIpc) is 3.16. The molecule has 2 aliphatic rings. The highest BCUT2D eigenvalue weighted by atomic mass is 32.1. The topological polar surface area (TPSA) is 78.8 Å². The molecule has 170 valence electrons. The van der Waals surface area contributed by atoms with Crippen molar-refractivity contribution in [3.8, 4) is 0 Å². The summed E-state index contributed by atoms with van der Waals surface area (Å²) in [6.45, 7) is 6.94. The molecule has 2 fully saturated rings. The predicted molar refractivity (Wildman–Crippen MR) is 110 cm³/mol. The minimum absolute atomic E-state index is 0.210. The number of hydrogen-bond acceptors (Lipinski definition) is 7. The first kappa shape index (κ1) is 23.4. The summed E-state index contributed by atoms with van der Waals surface area (Å²) >= 11 is 1.85.